The van der Waals surface area contributed by atoms with Gasteiger partial charge in [-0.1, -0.05) is 31.0 Å². The maximum Gasteiger partial charge on any atom is 0.276 e. The van der Waals surface area contributed by atoms with E-state index in [1.807, 2.05) is 12.3 Å². The second-order valence-corrected chi connectivity index (χ2v) is 7.34. The lowest BCUT2D eigenvalue weighted by molar-refractivity contribution is 0.386. The fourth-order valence-corrected chi connectivity index (χ4v) is 4.13. The van der Waals surface area contributed by atoms with Crippen molar-refractivity contribution in [2.24, 2.45) is 5.92 Å². The average molecular weight is 309 g/mol. The summed E-state index contributed by atoms with van der Waals surface area (Å²) in [4.78, 5) is 4.42. The smallest absolute Gasteiger partial charge is 0.276 e. The van der Waals surface area contributed by atoms with Crippen molar-refractivity contribution >= 4 is 23.1 Å². The third-order valence-corrected chi connectivity index (χ3v) is 5.49. The fourth-order valence-electron chi connectivity index (χ4n) is 2.56. The molecule has 0 saturated heterocycles. The predicted octanol–water partition coefficient (Wildman–Crippen LogP) is 4.10. The molecule has 1 aliphatic carbocycles. The van der Waals surface area contributed by atoms with Gasteiger partial charge >= 0.3 is 0 Å². The number of thiazole rings is 1. The van der Waals surface area contributed by atoms with Crippen molar-refractivity contribution in [1.29, 1.82) is 0 Å². The molecule has 0 unspecified atom stereocenters. The normalized spacial score (nSPS) is 16.6. The third-order valence-electron chi connectivity index (χ3n) is 3.61. The predicted molar refractivity (Wildman–Crippen MR) is 81.3 cm³/mol. The van der Waals surface area contributed by atoms with Crippen LogP contribution in [-0.4, -0.2) is 20.9 Å². The van der Waals surface area contributed by atoms with E-state index in [-0.39, 0.29) is 0 Å². The number of aryl methyl sites for hydroxylation is 1. The van der Waals surface area contributed by atoms with Crippen molar-refractivity contribution in [2.75, 3.05) is 5.75 Å². The molecule has 6 heteroatoms. The first kappa shape index (κ1) is 14.1. The maximum atomic E-state index is 5.69. The van der Waals surface area contributed by atoms with Gasteiger partial charge in [-0.3, -0.25) is 0 Å². The molecule has 2 heterocycles. The Morgan fingerprint density at radius 3 is 2.90 bits per heavy atom. The summed E-state index contributed by atoms with van der Waals surface area (Å²) in [7, 11) is 0. The van der Waals surface area contributed by atoms with E-state index in [4.69, 9.17) is 4.42 Å². The van der Waals surface area contributed by atoms with Gasteiger partial charge in [0.2, 0.25) is 5.89 Å². The van der Waals surface area contributed by atoms with Gasteiger partial charge in [-0.05, 0) is 25.7 Å². The summed E-state index contributed by atoms with van der Waals surface area (Å²) in [6.45, 7) is 2.01. The number of hydrogen-bond donors (Lipinski definition) is 0. The van der Waals surface area contributed by atoms with Crippen molar-refractivity contribution in [3.8, 4) is 0 Å². The monoisotopic (exact) mass is 309 g/mol. The molecular weight excluding hydrogens is 290 g/mol. The highest BCUT2D eigenvalue weighted by atomic mass is 32.2. The zero-order valence-corrected chi connectivity index (χ0v) is 13.3. The first-order valence-corrected chi connectivity index (χ1v) is 9.02. The molecule has 0 N–H and O–H groups in total. The van der Waals surface area contributed by atoms with Crippen molar-refractivity contribution in [3.05, 3.63) is 22.0 Å². The first-order chi connectivity index (χ1) is 9.79. The Kier molecular flexibility index (Phi) is 4.73. The van der Waals surface area contributed by atoms with Gasteiger partial charge in [0.15, 0.2) is 0 Å². The number of aromatic nitrogens is 3. The average Bonchev–Trinajstić information content (AvgIpc) is 3.08. The minimum atomic E-state index is 0.640. The highest BCUT2D eigenvalue weighted by Crippen LogP contribution is 2.29. The second-order valence-electron chi connectivity index (χ2n) is 5.31. The molecule has 0 radical (unpaired) electrons. The summed E-state index contributed by atoms with van der Waals surface area (Å²) in [5.74, 6) is 2.60. The van der Waals surface area contributed by atoms with Crippen LogP contribution in [0.3, 0.4) is 0 Å². The Hall–Kier alpha value is -0.880. The van der Waals surface area contributed by atoms with Crippen LogP contribution in [-0.2, 0) is 6.42 Å². The highest BCUT2D eigenvalue weighted by Gasteiger charge is 2.16. The lowest BCUT2D eigenvalue weighted by atomic mass is 9.91. The van der Waals surface area contributed by atoms with Gasteiger partial charge in [0.1, 0.15) is 0 Å². The Labute approximate surface area is 127 Å². The zero-order chi connectivity index (χ0) is 13.8. The fraction of sp³-hybridized carbons (Fsp3) is 0.643. The molecular formula is C14H19N3OS2. The van der Waals surface area contributed by atoms with E-state index in [1.54, 1.807) is 23.1 Å². The van der Waals surface area contributed by atoms with Crippen LogP contribution >= 0.6 is 23.1 Å². The molecule has 0 spiro atoms. The maximum absolute atomic E-state index is 5.69. The molecule has 0 bridgehead atoms. The van der Waals surface area contributed by atoms with Gasteiger partial charge in [-0.2, -0.15) is 0 Å². The molecule has 2 aromatic rings. The molecule has 0 amide bonds. The van der Waals surface area contributed by atoms with Crippen LogP contribution in [0, 0.1) is 12.8 Å². The van der Waals surface area contributed by atoms with Crippen LogP contribution in [0.25, 0.3) is 0 Å². The Morgan fingerprint density at radius 2 is 2.15 bits per heavy atom. The molecule has 108 valence electrons. The van der Waals surface area contributed by atoms with Crippen molar-refractivity contribution in [1.82, 2.24) is 15.2 Å². The van der Waals surface area contributed by atoms with E-state index in [1.165, 1.54) is 32.1 Å². The molecule has 0 atom stereocenters. The Balaban J connectivity index is 1.51. The largest absolute Gasteiger partial charge is 0.416 e. The summed E-state index contributed by atoms with van der Waals surface area (Å²) >= 11 is 3.36. The SMILES string of the molecule is Cc1nc(Cc2nnc(SCC3CCCCC3)o2)cs1. The van der Waals surface area contributed by atoms with E-state index in [9.17, 15) is 0 Å². The van der Waals surface area contributed by atoms with Crippen LogP contribution in [0.4, 0.5) is 0 Å². The highest BCUT2D eigenvalue weighted by molar-refractivity contribution is 7.99. The van der Waals surface area contributed by atoms with Crippen LogP contribution in [0.2, 0.25) is 0 Å². The van der Waals surface area contributed by atoms with Crippen molar-refractivity contribution < 1.29 is 4.42 Å². The Morgan fingerprint density at radius 1 is 1.30 bits per heavy atom. The molecule has 1 saturated carbocycles. The number of rotatable bonds is 5. The second kappa shape index (κ2) is 6.72. The summed E-state index contributed by atoms with van der Waals surface area (Å²) in [6.07, 6.45) is 7.51. The number of nitrogens with zero attached hydrogens (tertiary/aromatic N) is 3. The van der Waals surface area contributed by atoms with Crippen molar-refractivity contribution in [3.63, 3.8) is 0 Å². The van der Waals surface area contributed by atoms with Crippen LogP contribution < -0.4 is 0 Å². The van der Waals surface area contributed by atoms with E-state index >= 15 is 0 Å². The topological polar surface area (TPSA) is 51.8 Å². The molecule has 0 aliphatic heterocycles. The van der Waals surface area contributed by atoms with E-state index < -0.39 is 0 Å². The van der Waals surface area contributed by atoms with Gasteiger partial charge in [-0.25, -0.2) is 4.98 Å². The minimum Gasteiger partial charge on any atom is -0.416 e. The van der Waals surface area contributed by atoms with Gasteiger partial charge in [0.25, 0.3) is 5.22 Å². The lowest BCUT2D eigenvalue weighted by Gasteiger charge is -2.19. The summed E-state index contributed by atoms with van der Waals surface area (Å²) in [5, 5.41) is 12.1. The molecule has 2 aromatic heterocycles. The lowest BCUT2D eigenvalue weighted by Crippen LogP contribution is -2.08. The van der Waals surface area contributed by atoms with Crippen molar-refractivity contribution in [2.45, 2.75) is 50.7 Å². The number of thioether (sulfide) groups is 1. The van der Waals surface area contributed by atoms with Crippen LogP contribution in [0.5, 0.6) is 0 Å². The van der Waals surface area contributed by atoms with E-state index in [0.29, 0.717) is 17.5 Å². The standard InChI is InChI=1S/C14H19N3OS2/c1-10-15-12(9-19-10)7-13-16-17-14(18-13)20-8-11-5-3-2-4-6-11/h9,11H,2-8H2,1H3. The zero-order valence-electron chi connectivity index (χ0n) is 11.7. The summed E-state index contributed by atoms with van der Waals surface area (Å²) in [6, 6.07) is 0. The molecule has 1 fully saturated rings. The van der Waals surface area contributed by atoms with Gasteiger partial charge in [0, 0.05) is 11.1 Å². The van der Waals surface area contributed by atoms with Gasteiger partial charge in [0.05, 0.1) is 17.1 Å². The molecule has 20 heavy (non-hydrogen) atoms. The number of hydrogen-bond acceptors (Lipinski definition) is 6. The summed E-state index contributed by atoms with van der Waals surface area (Å²) in [5.41, 5.74) is 1.01. The van der Waals surface area contributed by atoms with Gasteiger partial charge < -0.3 is 4.42 Å². The summed E-state index contributed by atoms with van der Waals surface area (Å²) < 4.78 is 5.69. The van der Waals surface area contributed by atoms with Crippen LogP contribution in [0.1, 0.15) is 48.7 Å². The quantitative estimate of drug-likeness (QED) is 0.778. The van der Waals surface area contributed by atoms with Gasteiger partial charge in [-0.15, -0.1) is 21.5 Å². The third kappa shape index (κ3) is 3.82. The molecule has 0 aromatic carbocycles. The van der Waals surface area contributed by atoms with E-state index in [0.717, 1.165) is 22.4 Å². The molecule has 4 nitrogen and oxygen atoms in total. The van der Waals surface area contributed by atoms with Crippen LogP contribution in [0.15, 0.2) is 15.0 Å². The minimum absolute atomic E-state index is 0.640. The Bertz CT molecular complexity index is 546. The molecule has 1 aliphatic rings. The molecule has 3 rings (SSSR count). The van der Waals surface area contributed by atoms with E-state index in [2.05, 4.69) is 15.2 Å². The first-order valence-electron chi connectivity index (χ1n) is 7.16.